The zero-order valence-electron chi connectivity index (χ0n) is 9.53. The third-order valence-corrected chi connectivity index (χ3v) is 5.08. The van der Waals surface area contributed by atoms with Crippen LogP contribution in [-0.4, -0.2) is 11.8 Å². The van der Waals surface area contributed by atoms with Gasteiger partial charge in [0.15, 0.2) is 0 Å². The first kappa shape index (κ1) is 12.6. The lowest BCUT2D eigenvalue weighted by molar-refractivity contribution is -0.122. The lowest BCUT2D eigenvalue weighted by Gasteiger charge is -2.17. The standard InChI is InChI=1S/C13H11BrINO2/c14-10-5-4-7(15)6-11(10)16-12(17)8-2-1-3-9(8)13(16)18/h4-6,8-9H,1-3H2. The van der Waals surface area contributed by atoms with Gasteiger partial charge in [0.05, 0.1) is 17.5 Å². The number of imide groups is 1. The van der Waals surface area contributed by atoms with Crippen LogP contribution in [0, 0.1) is 15.4 Å². The molecule has 0 spiro atoms. The van der Waals surface area contributed by atoms with Crippen molar-refractivity contribution in [3.8, 4) is 0 Å². The average molecular weight is 420 g/mol. The lowest BCUT2D eigenvalue weighted by atomic mass is 10.00. The first-order chi connectivity index (χ1) is 8.59. The van der Waals surface area contributed by atoms with E-state index in [0.717, 1.165) is 27.3 Å². The van der Waals surface area contributed by atoms with Crippen LogP contribution < -0.4 is 4.90 Å². The number of anilines is 1. The van der Waals surface area contributed by atoms with Gasteiger partial charge in [0.2, 0.25) is 11.8 Å². The molecule has 2 aliphatic rings. The SMILES string of the molecule is O=C1C2CCCC2C(=O)N1c1cc(I)ccc1Br. The number of halogens is 2. The van der Waals surface area contributed by atoms with E-state index in [1.165, 1.54) is 4.90 Å². The zero-order valence-corrected chi connectivity index (χ0v) is 13.3. The largest absolute Gasteiger partial charge is 0.274 e. The number of carbonyl (C=O) groups excluding carboxylic acids is 2. The molecule has 0 N–H and O–H groups in total. The first-order valence-corrected chi connectivity index (χ1v) is 7.79. The Morgan fingerprint density at radius 3 is 2.39 bits per heavy atom. The van der Waals surface area contributed by atoms with Crippen LogP contribution in [0.5, 0.6) is 0 Å². The Kier molecular flexibility index (Phi) is 3.21. The normalized spacial score (nSPS) is 26.9. The van der Waals surface area contributed by atoms with E-state index < -0.39 is 0 Å². The molecule has 2 amide bonds. The second-order valence-electron chi connectivity index (χ2n) is 4.75. The minimum atomic E-state index is -0.0812. The molecule has 18 heavy (non-hydrogen) atoms. The highest BCUT2D eigenvalue weighted by Crippen LogP contribution is 2.43. The van der Waals surface area contributed by atoms with E-state index in [-0.39, 0.29) is 23.7 Å². The van der Waals surface area contributed by atoms with E-state index in [0.29, 0.717) is 5.69 Å². The molecule has 1 aliphatic heterocycles. The van der Waals surface area contributed by atoms with E-state index in [4.69, 9.17) is 0 Å². The number of amides is 2. The number of benzene rings is 1. The Hall–Kier alpha value is -0.430. The molecule has 0 aromatic heterocycles. The lowest BCUT2D eigenvalue weighted by Crippen LogP contribution is -2.31. The number of hydrogen-bond donors (Lipinski definition) is 0. The summed E-state index contributed by atoms with van der Waals surface area (Å²) in [6.07, 6.45) is 2.70. The monoisotopic (exact) mass is 419 g/mol. The molecule has 1 heterocycles. The van der Waals surface area contributed by atoms with E-state index in [2.05, 4.69) is 38.5 Å². The fourth-order valence-corrected chi connectivity index (χ4v) is 3.78. The van der Waals surface area contributed by atoms with Crippen LogP contribution in [0.2, 0.25) is 0 Å². The smallest absolute Gasteiger partial charge is 0.237 e. The Labute approximate surface area is 127 Å². The molecular weight excluding hydrogens is 409 g/mol. The molecule has 3 rings (SSSR count). The van der Waals surface area contributed by atoms with Gasteiger partial charge in [-0.3, -0.25) is 9.59 Å². The predicted octanol–water partition coefficient (Wildman–Crippen LogP) is 3.34. The molecule has 2 atom stereocenters. The molecule has 3 nitrogen and oxygen atoms in total. The van der Waals surface area contributed by atoms with Crippen molar-refractivity contribution in [3.05, 3.63) is 26.2 Å². The van der Waals surface area contributed by atoms with Crippen molar-refractivity contribution >= 4 is 56.0 Å². The van der Waals surface area contributed by atoms with Crippen LogP contribution in [0.1, 0.15) is 19.3 Å². The number of fused-ring (bicyclic) bond motifs is 1. The Morgan fingerprint density at radius 1 is 1.17 bits per heavy atom. The second-order valence-corrected chi connectivity index (χ2v) is 6.85. The van der Waals surface area contributed by atoms with Crippen molar-refractivity contribution in [2.75, 3.05) is 4.90 Å². The summed E-state index contributed by atoms with van der Waals surface area (Å²) in [5.74, 6) is -0.208. The summed E-state index contributed by atoms with van der Waals surface area (Å²) in [7, 11) is 0. The van der Waals surface area contributed by atoms with Gasteiger partial charge in [-0.15, -0.1) is 0 Å². The van der Waals surface area contributed by atoms with Crippen molar-refractivity contribution in [2.45, 2.75) is 19.3 Å². The van der Waals surface area contributed by atoms with Crippen LogP contribution in [0.25, 0.3) is 0 Å². The van der Waals surface area contributed by atoms with Crippen molar-refractivity contribution < 1.29 is 9.59 Å². The molecule has 5 heteroatoms. The summed E-state index contributed by atoms with van der Waals surface area (Å²) in [5, 5.41) is 0. The molecule has 1 aliphatic carbocycles. The van der Waals surface area contributed by atoms with Crippen LogP contribution in [0.3, 0.4) is 0 Å². The number of rotatable bonds is 1. The van der Waals surface area contributed by atoms with Gasteiger partial charge in [-0.2, -0.15) is 0 Å². The fourth-order valence-electron chi connectivity index (χ4n) is 2.89. The van der Waals surface area contributed by atoms with E-state index >= 15 is 0 Å². The predicted molar refractivity (Wildman–Crippen MR) is 80.2 cm³/mol. The molecule has 94 valence electrons. The summed E-state index contributed by atoms with van der Waals surface area (Å²) in [5.41, 5.74) is 0.686. The number of carbonyl (C=O) groups is 2. The summed E-state index contributed by atoms with van der Waals surface area (Å²) in [6, 6.07) is 5.70. The van der Waals surface area contributed by atoms with Crippen molar-refractivity contribution in [3.63, 3.8) is 0 Å². The van der Waals surface area contributed by atoms with Crippen LogP contribution in [0.4, 0.5) is 5.69 Å². The third-order valence-electron chi connectivity index (χ3n) is 3.74. The molecule has 1 aromatic rings. The van der Waals surface area contributed by atoms with Gasteiger partial charge in [0, 0.05) is 8.04 Å². The fraction of sp³-hybridized carbons (Fsp3) is 0.385. The van der Waals surface area contributed by atoms with Gasteiger partial charge in [-0.1, -0.05) is 6.42 Å². The topological polar surface area (TPSA) is 37.4 Å². The Balaban J connectivity index is 2.05. The van der Waals surface area contributed by atoms with Gasteiger partial charge in [0.25, 0.3) is 0 Å². The highest BCUT2D eigenvalue weighted by Gasteiger charge is 2.50. The van der Waals surface area contributed by atoms with Gasteiger partial charge in [0.1, 0.15) is 0 Å². The second kappa shape index (κ2) is 4.59. The molecule has 0 radical (unpaired) electrons. The molecule has 2 unspecified atom stereocenters. The third kappa shape index (κ3) is 1.82. The maximum atomic E-state index is 12.3. The minimum absolute atomic E-state index is 0.0230. The summed E-state index contributed by atoms with van der Waals surface area (Å²) in [4.78, 5) is 26.1. The van der Waals surface area contributed by atoms with E-state index in [1.807, 2.05) is 18.2 Å². The van der Waals surface area contributed by atoms with Gasteiger partial charge < -0.3 is 0 Å². The molecule has 1 saturated heterocycles. The van der Waals surface area contributed by atoms with Crippen molar-refractivity contribution in [2.24, 2.45) is 11.8 Å². The average Bonchev–Trinajstić information content (AvgIpc) is 2.89. The minimum Gasteiger partial charge on any atom is -0.274 e. The van der Waals surface area contributed by atoms with Crippen LogP contribution in [-0.2, 0) is 9.59 Å². The maximum absolute atomic E-state index is 12.3. The van der Waals surface area contributed by atoms with E-state index in [9.17, 15) is 9.59 Å². The number of hydrogen-bond acceptors (Lipinski definition) is 2. The maximum Gasteiger partial charge on any atom is 0.237 e. The quantitative estimate of drug-likeness (QED) is 0.517. The summed E-state index contributed by atoms with van der Waals surface area (Å²) < 4.78 is 1.81. The highest BCUT2D eigenvalue weighted by atomic mass is 127. The molecular formula is C13H11BrINO2. The summed E-state index contributed by atoms with van der Waals surface area (Å²) in [6.45, 7) is 0. The van der Waals surface area contributed by atoms with Crippen molar-refractivity contribution in [1.82, 2.24) is 0 Å². The van der Waals surface area contributed by atoms with Crippen molar-refractivity contribution in [1.29, 1.82) is 0 Å². The van der Waals surface area contributed by atoms with Crippen LogP contribution in [0.15, 0.2) is 22.7 Å². The number of nitrogens with zero attached hydrogens (tertiary/aromatic N) is 1. The molecule has 1 saturated carbocycles. The Bertz CT molecular complexity index is 524. The van der Waals surface area contributed by atoms with Crippen LogP contribution >= 0.6 is 38.5 Å². The molecule has 0 bridgehead atoms. The van der Waals surface area contributed by atoms with Gasteiger partial charge in [-0.25, -0.2) is 4.90 Å². The summed E-state index contributed by atoms with van der Waals surface area (Å²) >= 11 is 5.61. The van der Waals surface area contributed by atoms with E-state index in [1.54, 1.807) is 0 Å². The van der Waals surface area contributed by atoms with Gasteiger partial charge in [-0.05, 0) is 69.6 Å². The zero-order chi connectivity index (χ0) is 12.9. The molecule has 1 aromatic carbocycles. The molecule has 2 fully saturated rings. The first-order valence-electron chi connectivity index (χ1n) is 5.92. The highest BCUT2D eigenvalue weighted by molar-refractivity contribution is 14.1. The Morgan fingerprint density at radius 2 is 1.78 bits per heavy atom. The van der Waals surface area contributed by atoms with Gasteiger partial charge >= 0.3 is 0 Å².